The van der Waals surface area contributed by atoms with Crippen LogP contribution in [0.4, 0.5) is 0 Å². The Kier molecular flexibility index (Phi) is 8.91. The molecule has 0 spiro atoms. The number of ether oxygens (including phenoxy) is 1. The number of hydrogen-bond donors (Lipinski definition) is 2. The van der Waals surface area contributed by atoms with Crippen LogP contribution >= 0.6 is 0 Å². The lowest BCUT2D eigenvalue weighted by Gasteiger charge is -2.12. The highest BCUT2D eigenvalue weighted by Gasteiger charge is 2.12. The topological polar surface area (TPSA) is 139 Å². The Balaban J connectivity index is 3.64. The van der Waals surface area contributed by atoms with Gasteiger partial charge in [0.25, 0.3) is 0 Å². The highest BCUT2D eigenvalue weighted by molar-refractivity contribution is 4.64. The van der Waals surface area contributed by atoms with E-state index in [0.29, 0.717) is 0 Å². The Morgan fingerprint density at radius 2 is 1.87 bits per heavy atom. The minimum atomic E-state index is -0.697. The van der Waals surface area contributed by atoms with Crippen molar-refractivity contribution < 1.29 is 14.4 Å². The van der Waals surface area contributed by atoms with Crippen molar-refractivity contribution in [3.05, 3.63) is 9.81 Å². The van der Waals surface area contributed by atoms with Crippen LogP contribution in [0.5, 0.6) is 0 Å². The van der Waals surface area contributed by atoms with Crippen molar-refractivity contribution in [1.82, 2.24) is 0 Å². The molecule has 0 aromatic heterocycles. The molecule has 15 heavy (non-hydrogen) atoms. The molecular formula is C6H14N4O5. The van der Waals surface area contributed by atoms with Gasteiger partial charge in [-0.3, -0.25) is 4.84 Å². The van der Waals surface area contributed by atoms with E-state index in [0.717, 1.165) is 0 Å². The van der Waals surface area contributed by atoms with E-state index in [1.54, 1.807) is 0 Å². The lowest BCUT2D eigenvalue weighted by molar-refractivity contribution is -0.0212. The van der Waals surface area contributed by atoms with Crippen LogP contribution in [0.15, 0.2) is 10.4 Å². The van der Waals surface area contributed by atoms with Crippen molar-refractivity contribution in [3.8, 4) is 0 Å². The normalized spacial score (nSPS) is 14.5. The van der Waals surface area contributed by atoms with Gasteiger partial charge in [-0.05, 0) is 0 Å². The van der Waals surface area contributed by atoms with Crippen molar-refractivity contribution in [2.24, 2.45) is 22.1 Å². The van der Waals surface area contributed by atoms with E-state index in [1.807, 2.05) is 0 Å². The van der Waals surface area contributed by atoms with E-state index in [2.05, 4.69) is 20.0 Å². The lowest BCUT2D eigenvalue weighted by Crippen LogP contribution is -2.29. The molecule has 0 radical (unpaired) electrons. The lowest BCUT2D eigenvalue weighted by atomic mass is 10.3. The molecule has 0 amide bonds. The average Bonchev–Trinajstić information content (AvgIpc) is 2.26. The van der Waals surface area contributed by atoms with Crippen LogP contribution in [0.1, 0.15) is 0 Å². The summed E-state index contributed by atoms with van der Waals surface area (Å²) in [6, 6.07) is -0.697. The molecule has 4 N–H and O–H groups in total. The monoisotopic (exact) mass is 222 g/mol. The first kappa shape index (κ1) is 14.0. The molecule has 9 nitrogen and oxygen atoms in total. The molecule has 0 rings (SSSR count). The summed E-state index contributed by atoms with van der Waals surface area (Å²) >= 11 is 0. The van der Waals surface area contributed by atoms with Crippen LogP contribution in [0.25, 0.3) is 0 Å². The molecule has 2 unspecified atom stereocenters. The molecule has 0 aliphatic heterocycles. The SMILES string of the molecule is NOCC(COCC(CN=O)ON)N=O. The van der Waals surface area contributed by atoms with Gasteiger partial charge in [-0.25, -0.2) is 11.8 Å². The van der Waals surface area contributed by atoms with Gasteiger partial charge in [0, 0.05) is 0 Å². The van der Waals surface area contributed by atoms with Crippen LogP contribution in [0.3, 0.4) is 0 Å². The zero-order valence-corrected chi connectivity index (χ0v) is 8.07. The van der Waals surface area contributed by atoms with Gasteiger partial charge in [0.1, 0.15) is 18.7 Å². The Hall–Kier alpha value is -1.00. The maximum atomic E-state index is 10.2. The van der Waals surface area contributed by atoms with Crippen LogP contribution in [-0.2, 0) is 14.4 Å². The van der Waals surface area contributed by atoms with Crippen molar-refractivity contribution in [3.63, 3.8) is 0 Å². The molecule has 0 fully saturated rings. The Morgan fingerprint density at radius 1 is 1.13 bits per heavy atom. The molecule has 0 aromatic rings. The predicted molar refractivity (Wildman–Crippen MR) is 50.3 cm³/mol. The van der Waals surface area contributed by atoms with Gasteiger partial charge in [0.2, 0.25) is 0 Å². The molecule has 0 aromatic carbocycles. The number of rotatable bonds is 10. The molecule has 0 heterocycles. The maximum Gasteiger partial charge on any atom is 0.140 e. The van der Waals surface area contributed by atoms with Crippen molar-refractivity contribution in [1.29, 1.82) is 0 Å². The number of nitrogens with two attached hydrogens (primary N) is 2. The molecular weight excluding hydrogens is 208 g/mol. The standard InChI is InChI=1S/C6H14N4O5/c7-14-3-5(10-12)2-13-4-6(15-8)1-9-11/h5-6H,1-4,7-8H2. The molecule has 9 heteroatoms. The zero-order valence-electron chi connectivity index (χ0n) is 8.07. The third-order valence-corrected chi connectivity index (χ3v) is 1.52. The molecule has 0 saturated carbocycles. The van der Waals surface area contributed by atoms with Crippen LogP contribution in [0.2, 0.25) is 0 Å². The van der Waals surface area contributed by atoms with Crippen LogP contribution in [0, 0.1) is 9.81 Å². The second kappa shape index (κ2) is 9.55. The van der Waals surface area contributed by atoms with E-state index >= 15 is 0 Å². The van der Waals surface area contributed by atoms with Gasteiger partial charge in [-0.2, -0.15) is 9.81 Å². The Labute approximate surface area is 85.9 Å². The summed E-state index contributed by atoms with van der Waals surface area (Å²) < 4.78 is 5.01. The summed E-state index contributed by atoms with van der Waals surface area (Å²) in [5.41, 5.74) is 0. The Morgan fingerprint density at radius 3 is 2.33 bits per heavy atom. The van der Waals surface area contributed by atoms with Gasteiger partial charge in [0.15, 0.2) is 0 Å². The molecule has 88 valence electrons. The second-order valence-corrected chi connectivity index (χ2v) is 2.70. The second-order valence-electron chi connectivity index (χ2n) is 2.70. The summed E-state index contributed by atoms with van der Waals surface area (Å²) in [6.07, 6.45) is -0.631. The third-order valence-electron chi connectivity index (χ3n) is 1.52. The van der Waals surface area contributed by atoms with E-state index in [-0.39, 0.29) is 26.4 Å². The minimum absolute atomic E-state index is 0.0133. The highest BCUT2D eigenvalue weighted by atomic mass is 16.6. The van der Waals surface area contributed by atoms with E-state index < -0.39 is 12.1 Å². The van der Waals surface area contributed by atoms with Crippen LogP contribution in [-0.4, -0.2) is 38.5 Å². The zero-order chi connectivity index (χ0) is 11.5. The highest BCUT2D eigenvalue weighted by Crippen LogP contribution is 1.96. The number of nitroso groups, excluding NO2 is 2. The molecule has 0 aliphatic rings. The number of hydrogen-bond acceptors (Lipinski definition) is 9. The fraction of sp³-hybridized carbons (Fsp3) is 1.00. The fourth-order valence-electron chi connectivity index (χ4n) is 0.774. The maximum absolute atomic E-state index is 10.2. The largest absolute Gasteiger partial charge is 0.376 e. The average molecular weight is 222 g/mol. The van der Waals surface area contributed by atoms with Crippen molar-refractivity contribution in [2.75, 3.05) is 26.4 Å². The molecule has 0 aliphatic carbocycles. The van der Waals surface area contributed by atoms with Crippen molar-refractivity contribution >= 4 is 0 Å². The van der Waals surface area contributed by atoms with Crippen LogP contribution < -0.4 is 11.8 Å². The first-order chi connectivity index (χ1) is 7.28. The van der Waals surface area contributed by atoms with Gasteiger partial charge >= 0.3 is 0 Å². The first-order valence-corrected chi connectivity index (χ1v) is 4.15. The summed E-state index contributed by atoms with van der Waals surface area (Å²) in [4.78, 5) is 28.7. The fourth-order valence-corrected chi connectivity index (χ4v) is 0.774. The Bertz CT molecular complexity index is 181. The third kappa shape index (κ3) is 6.99. The summed E-state index contributed by atoms with van der Waals surface area (Å²) in [5, 5.41) is 5.31. The minimum Gasteiger partial charge on any atom is -0.376 e. The van der Waals surface area contributed by atoms with E-state index in [9.17, 15) is 9.81 Å². The van der Waals surface area contributed by atoms with Gasteiger partial charge in [-0.1, -0.05) is 10.4 Å². The van der Waals surface area contributed by atoms with Gasteiger partial charge in [-0.15, -0.1) is 0 Å². The van der Waals surface area contributed by atoms with Crippen molar-refractivity contribution in [2.45, 2.75) is 12.1 Å². The summed E-state index contributed by atoms with van der Waals surface area (Å²) in [6.45, 7) is -0.106. The molecule has 0 saturated heterocycles. The molecule has 0 bridgehead atoms. The number of nitrogens with zero attached hydrogens (tertiary/aromatic N) is 2. The smallest absolute Gasteiger partial charge is 0.140 e. The predicted octanol–water partition coefficient (Wildman–Crippen LogP) is -0.946. The quantitative estimate of drug-likeness (QED) is 0.359. The van der Waals surface area contributed by atoms with E-state index in [1.165, 1.54) is 0 Å². The van der Waals surface area contributed by atoms with E-state index in [4.69, 9.17) is 16.5 Å². The summed E-state index contributed by atoms with van der Waals surface area (Å²) in [7, 11) is 0. The first-order valence-electron chi connectivity index (χ1n) is 4.15. The summed E-state index contributed by atoms with van der Waals surface area (Å²) in [5.74, 6) is 9.61. The van der Waals surface area contributed by atoms with Gasteiger partial charge in [0.05, 0.1) is 19.8 Å². The molecule has 2 atom stereocenters. The van der Waals surface area contributed by atoms with Gasteiger partial charge < -0.3 is 9.57 Å².